The molecular formula is C24H31N3O4S. The summed E-state index contributed by atoms with van der Waals surface area (Å²) in [4.78, 5) is 17.2. The Morgan fingerprint density at radius 1 is 1.06 bits per heavy atom. The van der Waals surface area contributed by atoms with E-state index < -0.39 is 16.1 Å². The Kier molecular flexibility index (Phi) is 7.93. The molecule has 32 heavy (non-hydrogen) atoms. The smallest absolute Gasteiger partial charge is 0.246 e. The van der Waals surface area contributed by atoms with Gasteiger partial charge < -0.3 is 9.64 Å². The highest BCUT2D eigenvalue weighted by molar-refractivity contribution is 7.92. The third kappa shape index (κ3) is 6.11. The number of nitrogens with zero attached hydrogens (tertiary/aromatic N) is 3. The summed E-state index contributed by atoms with van der Waals surface area (Å²) in [6, 6.07) is 16.0. The summed E-state index contributed by atoms with van der Waals surface area (Å²) in [6.45, 7) is 5.10. The monoisotopic (exact) mass is 457 g/mol. The molecule has 0 radical (unpaired) electrons. The fourth-order valence-electron chi connectivity index (χ4n) is 3.85. The first-order valence-corrected chi connectivity index (χ1v) is 12.5. The van der Waals surface area contributed by atoms with E-state index in [9.17, 15) is 13.2 Å². The molecule has 1 heterocycles. The maximum Gasteiger partial charge on any atom is 0.246 e. The van der Waals surface area contributed by atoms with Gasteiger partial charge in [-0.15, -0.1) is 0 Å². The number of piperazine rings is 1. The lowest BCUT2D eigenvalue weighted by Gasteiger charge is -2.37. The fourth-order valence-corrected chi connectivity index (χ4v) is 5.02. The molecule has 0 aromatic heterocycles. The van der Waals surface area contributed by atoms with Gasteiger partial charge in [0.15, 0.2) is 0 Å². The van der Waals surface area contributed by atoms with E-state index in [-0.39, 0.29) is 5.91 Å². The first-order chi connectivity index (χ1) is 15.3. The lowest BCUT2D eigenvalue weighted by Crippen LogP contribution is -2.55. The minimum Gasteiger partial charge on any atom is -0.497 e. The van der Waals surface area contributed by atoms with Gasteiger partial charge in [-0.2, -0.15) is 0 Å². The number of amides is 1. The molecule has 2 aromatic rings. The number of sulfonamides is 1. The third-order valence-electron chi connectivity index (χ3n) is 5.55. The van der Waals surface area contributed by atoms with Crippen molar-refractivity contribution in [2.45, 2.75) is 13.0 Å². The van der Waals surface area contributed by atoms with Crippen LogP contribution in [0.1, 0.15) is 12.5 Å². The first-order valence-electron chi connectivity index (χ1n) is 10.7. The summed E-state index contributed by atoms with van der Waals surface area (Å²) in [6.07, 6.45) is 5.35. The number of hydrogen-bond acceptors (Lipinski definition) is 5. The molecule has 3 rings (SSSR count). The lowest BCUT2D eigenvalue weighted by atomic mass is 10.2. The van der Waals surface area contributed by atoms with Crippen molar-refractivity contribution in [3.63, 3.8) is 0 Å². The van der Waals surface area contributed by atoms with Gasteiger partial charge in [-0.3, -0.25) is 14.0 Å². The van der Waals surface area contributed by atoms with Crippen molar-refractivity contribution in [1.29, 1.82) is 0 Å². The largest absolute Gasteiger partial charge is 0.497 e. The normalized spacial score (nSPS) is 16.2. The molecule has 1 saturated heterocycles. The van der Waals surface area contributed by atoms with Crippen LogP contribution in [-0.4, -0.2) is 76.3 Å². The van der Waals surface area contributed by atoms with E-state index in [0.717, 1.165) is 31.5 Å². The number of hydrogen-bond donors (Lipinski definition) is 0. The predicted molar refractivity (Wildman–Crippen MR) is 128 cm³/mol. The highest BCUT2D eigenvalue weighted by Gasteiger charge is 2.33. The van der Waals surface area contributed by atoms with Gasteiger partial charge in [0.2, 0.25) is 15.9 Å². The van der Waals surface area contributed by atoms with E-state index in [1.54, 1.807) is 43.2 Å². The second-order valence-corrected chi connectivity index (χ2v) is 9.73. The van der Waals surface area contributed by atoms with E-state index in [4.69, 9.17) is 4.74 Å². The molecule has 0 unspecified atom stereocenters. The van der Waals surface area contributed by atoms with Gasteiger partial charge in [0.1, 0.15) is 11.8 Å². The number of rotatable bonds is 8. The number of ether oxygens (including phenoxy) is 1. The van der Waals surface area contributed by atoms with Gasteiger partial charge in [0.05, 0.1) is 19.1 Å². The maximum absolute atomic E-state index is 13.2. The molecule has 2 aromatic carbocycles. The zero-order valence-electron chi connectivity index (χ0n) is 18.8. The van der Waals surface area contributed by atoms with Gasteiger partial charge in [0, 0.05) is 32.7 Å². The van der Waals surface area contributed by atoms with Gasteiger partial charge in [0.25, 0.3) is 0 Å². The molecule has 0 bridgehead atoms. The van der Waals surface area contributed by atoms with Crippen molar-refractivity contribution >= 4 is 27.7 Å². The topological polar surface area (TPSA) is 70.2 Å². The van der Waals surface area contributed by atoms with Crippen molar-refractivity contribution in [3.05, 3.63) is 66.2 Å². The van der Waals surface area contributed by atoms with Gasteiger partial charge in [-0.1, -0.05) is 42.5 Å². The van der Waals surface area contributed by atoms with Crippen molar-refractivity contribution in [3.8, 4) is 5.75 Å². The maximum atomic E-state index is 13.2. The van der Waals surface area contributed by atoms with Gasteiger partial charge in [-0.05, 0) is 36.8 Å². The number of carbonyl (C=O) groups excluding carboxylic acids is 1. The molecule has 1 atom stereocenters. The quantitative estimate of drug-likeness (QED) is 0.610. The fraction of sp³-hybridized carbons (Fsp3) is 0.375. The average Bonchev–Trinajstić information content (AvgIpc) is 2.79. The summed E-state index contributed by atoms with van der Waals surface area (Å²) in [5.74, 6) is 0.435. The van der Waals surface area contributed by atoms with E-state index in [2.05, 4.69) is 29.2 Å². The van der Waals surface area contributed by atoms with Crippen LogP contribution in [0.4, 0.5) is 5.69 Å². The summed E-state index contributed by atoms with van der Waals surface area (Å²) in [5, 5.41) is 0. The molecule has 0 spiro atoms. The van der Waals surface area contributed by atoms with Crippen molar-refractivity contribution in [1.82, 2.24) is 9.80 Å². The molecule has 1 amide bonds. The number of carbonyl (C=O) groups is 1. The zero-order chi connectivity index (χ0) is 23.1. The summed E-state index contributed by atoms with van der Waals surface area (Å²) >= 11 is 0. The first kappa shape index (κ1) is 23.8. The number of anilines is 1. The second kappa shape index (κ2) is 10.7. The van der Waals surface area contributed by atoms with Gasteiger partial charge in [-0.25, -0.2) is 8.42 Å². The Bertz CT molecular complexity index is 1010. The SMILES string of the molecule is COc1ccc(N([C@H](C)C(=O)N2CCN(C/C=C/c3ccccc3)CC2)S(C)(=O)=O)cc1. The van der Waals surface area contributed by atoms with Crippen LogP contribution in [-0.2, 0) is 14.8 Å². The molecule has 172 valence electrons. The third-order valence-corrected chi connectivity index (χ3v) is 6.79. The Morgan fingerprint density at radius 3 is 2.25 bits per heavy atom. The lowest BCUT2D eigenvalue weighted by molar-refractivity contribution is -0.133. The van der Waals surface area contributed by atoms with Crippen LogP contribution in [0.3, 0.4) is 0 Å². The molecule has 1 aliphatic rings. The summed E-state index contributed by atoms with van der Waals surface area (Å²) < 4.78 is 31.4. The van der Waals surface area contributed by atoms with Crippen LogP contribution in [0, 0.1) is 0 Å². The van der Waals surface area contributed by atoms with Crippen LogP contribution < -0.4 is 9.04 Å². The van der Waals surface area contributed by atoms with Crippen LogP contribution >= 0.6 is 0 Å². The van der Waals surface area contributed by atoms with E-state index in [1.807, 2.05) is 18.2 Å². The zero-order valence-corrected chi connectivity index (χ0v) is 19.7. The van der Waals surface area contributed by atoms with Crippen molar-refractivity contribution in [2.75, 3.05) is 50.4 Å². The second-order valence-electron chi connectivity index (χ2n) is 7.87. The molecule has 0 aliphatic carbocycles. The standard InChI is InChI=1S/C24H31N3O4S/c1-20(27(32(3,29)30)22-11-13-23(31-2)14-12-22)24(28)26-18-16-25(17-19-26)15-7-10-21-8-5-4-6-9-21/h4-14,20H,15-19H2,1-3H3/b10-7+/t20-/m1/s1. The Labute approximate surface area is 190 Å². The van der Waals surface area contributed by atoms with E-state index in [0.29, 0.717) is 24.5 Å². The molecule has 0 N–H and O–H groups in total. The molecule has 7 nitrogen and oxygen atoms in total. The van der Waals surface area contributed by atoms with Crippen molar-refractivity contribution < 1.29 is 17.9 Å². The van der Waals surface area contributed by atoms with E-state index in [1.165, 1.54) is 4.31 Å². The summed E-state index contributed by atoms with van der Waals surface area (Å²) in [7, 11) is -2.10. The van der Waals surface area contributed by atoms with Crippen molar-refractivity contribution in [2.24, 2.45) is 0 Å². The molecule has 1 fully saturated rings. The van der Waals surface area contributed by atoms with Crippen LogP contribution in [0.5, 0.6) is 5.75 Å². The molecule has 8 heteroatoms. The Hall–Kier alpha value is -2.84. The van der Waals surface area contributed by atoms with Crippen LogP contribution in [0.25, 0.3) is 6.08 Å². The summed E-state index contributed by atoms with van der Waals surface area (Å²) in [5.41, 5.74) is 1.60. The Balaban J connectivity index is 1.60. The number of methoxy groups -OCH3 is 1. The highest BCUT2D eigenvalue weighted by Crippen LogP contribution is 2.24. The number of benzene rings is 2. The minimum atomic E-state index is -3.64. The minimum absolute atomic E-state index is 0.189. The molecule has 1 aliphatic heterocycles. The van der Waals surface area contributed by atoms with Gasteiger partial charge >= 0.3 is 0 Å². The Morgan fingerprint density at radius 2 is 1.69 bits per heavy atom. The predicted octanol–water partition coefficient (Wildman–Crippen LogP) is 2.71. The van der Waals surface area contributed by atoms with E-state index >= 15 is 0 Å². The average molecular weight is 458 g/mol. The highest BCUT2D eigenvalue weighted by atomic mass is 32.2. The van der Waals surface area contributed by atoms with Crippen LogP contribution in [0.2, 0.25) is 0 Å². The molecule has 0 saturated carbocycles. The van der Waals surface area contributed by atoms with Crippen LogP contribution in [0.15, 0.2) is 60.7 Å². The molecular weight excluding hydrogens is 426 g/mol.